The summed E-state index contributed by atoms with van der Waals surface area (Å²) >= 11 is 0. The third-order valence-electron chi connectivity index (χ3n) is 2.45. The highest BCUT2D eigenvalue weighted by molar-refractivity contribution is 5.76. The summed E-state index contributed by atoms with van der Waals surface area (Å²) in [6.07, 6.45) is 3.45. The number of carbonyl (C=O) groups is 1. The molecule has 1 amide bonds. The third-order valence-corrected chi connectivity index (χ3v) is 2.45. The number of carbonyl (C=O) groups excluding carboxylic acids is 1. The lowest BCUT2D eigenvalue weighted by atomic mass is 10.0. The van der Waals surface area contributed by atoms with Crippen LogP contribution in [0.3, 0.4) is 0 Å². The maximum atomic E-state index is 11.4. The molecule has 3 heteroatoms. The number of amides is 1. The van der Waals surface area contributed by atoms with Crippen molar-refractivity contribution in [2.45, 2.75) is 52.5 Å². The lowest BCUT2D eigenvalue weighted by Gasteiger charge is -2.20. The van der Waals surface area contributed by atoms with E-state index < -0.39 is 0 Å². The first kappa shape index (κ1) is 13.4. The fraction of sp³-hybridized carbons (Fsp3) is 0.909. The van der Waals surface area contributed by atoms with E-state index in [-0.39, 0.29) is 5.91 Å². The zero-order valence-corrected chi connectivity index (χ0v) is 9.68. The van der Waals surface area contributed by atoms with E-state index >= 15 is 0 Å². The summed E-state index contributed by atoms with van der Waals surface area (Å²) in [5.41, 5.74) is 5.36. The molecular formula is C11H24N2O. The largest absolute Gasteiger partial charge is 0.353 e. The Hall–Kier alpha value is -0.570. The van der Waals surface area contributed by atoms with Crippen LogP contribution in [0.25, 0.3) is 0 Å². The van der Waals surface area contributed by atoms with Crippen molar-refractivity contribution in [2.75, 3.05) is 6.54 Å². The molecule has 0 aliphatic heterocycles. The topological polar surface area (TPSA) is 55.1 Å². The van der Waals surface area contributed by atoms with Crippen LogP contribution in [0.5, 0.6) is 0 Å². The third kappa shape index (κ3) is 5.97. The molecule has 0 bridgehead atoms. The smallest absolute Gasteiger partial charge is 0.220 e. The average Bonchev–Trinajstić information content (AvgIpc) is 2.14. The maximum Gasteiger partial charge on any atom is 0.220 e. The minimum atomic E-state index is 0.166. The van der Waals surface area contributed by atoms with Crippen LogP contribution in [-0.2, 0) is 4.79 Å². The molecular weight excluding hydrogens is 176 g/mol. The lowest BCUT2D eigenvalue weighted by Crippen LogP contribution is -2.37. The molecule has 0 radical (unpaired) electrons. The fourth-order valence-corrected chi connectivity index (χ4v) is 1.45. The number of hydrogen-bond donors (Lipinski definition) is 2. The van der Waals surface area contributed by atoms with Gasteiger partial charge in [-0.3, -0.25) is 4.79 Å². The van der Waals surface area contributed by atoms with Crippen LogP contribution < -0.4 is 11.1 Å². The highest BCUT2D eigenvalue weighted by atomic mass is 16.1. The first-order chi connectivity index (χ1) is 6.61. The van der Waals surface area contributed by atoms with Gasteiger partial charge in [-0.15, -0.1) is 0 Å². The summed E-state index contributed by atoms with van der Waals surface area (Å²) in [6.45, 7) is 7.04. The first-order valence-corrected chi connectivity index (χ1v) is 5.61. The van der Waals surface area contributed by atoms with Gasteiger partial charge in [-0.05, 0) is 31.7 Å². The SMILES string of the molecule is CCC(NC(=O)CCCCN)C(C)C. The summed E-state index contributed by atoms with van der Waals surface area (Å²) in [6, 6.07) is 0.320. The maximum absolute atomic E-state index is 11.4. The van der Waals surface area contributed by atoms with Gasteiger partial charge >= 0.3 is 0 Å². The molecule has 0 aromatic carbocycles. The predicted molar refractivity (Wildman–Crippen MR) is 60.0 cm³/mol. The van der Waals surface area contributed by atoms with Crippen LogP contribution in [0.4, 0.5) is 0 Å². The van der Waals surface area contributed by atoms with Crippen molar-refractivity contribution in [3.05, 3.63) is 0 Å². The van der Waals surface area contributed by atoms with Crippen LogP contribution in [0.1, 0.15) is 46.5 Å². The Morgan fingerprint density at radius 3 is 2.43 bits per heavy atom. The molecule has 0 saturated heterocycles. The van der Waals surface area contributed by atoms with Crippen molar-refractivity contribution < 1.29 is 4.79 Å². The Labute approximate surface area is 87.4 Å². The van der Waals surface area contributed by atoms with Crippen molar-refractivity contribution in [1.29, 1.82) is 0 Å². The van der Waals surface area contributed by atoms with Crippen LogP contribution in [-0.4, -0.2) is 18.5 Å². The van der Waals surface area contributed by atoms with Gasteiger partial charge in [0.05, 0.1) is 0 Å². The van der Waals surface area contributed by atoms with E-state index in [2.05, 4.69) is 26.1 Å². The summed E-state index contributed by atoms with van der Waals surface area (Å²) in [5.74, 6) is 0.678. The molecule has 14 heavy (non-hydrogen) atoms. The molecule has 0 aromatic heterocycles. The van der Waals surface area contributed by atoms with Gasteiger partial charge in [-0.2, -0.15) is 0 Å². The van der Waals surface area contributed by atoms with Gasteiger partial charge in [0.2, 0.25) is 5.91 Å². The molecule has 0 spiro atoms. The van der Waals surface area contributed by atoms with Crippen LogP contribution >= 0.6 is 0 Å². The van der Waals surface area contributed by atoms with E-state index in [0.29, 0.717) is 24.9 Å². The molecule has 84 valence electrons. The Morgan fingerprint density at radius 2 is 2.00 bits per heavy atom. The molecule has 0 heterocycles. The molecule has 0 aromatic rings. The minimum absolute atomic E-state index is 0.166. The highest BCUT2D eigenvalue weighted by Gasteiger charge is 2.13. The van der Waals surface area contributed by atoms with Gasteiger partial charge in [0.15, 0.2) is 0 Å². The van der Waals surface area contributed by atoms with Crippen molar-refractivity contribution in [3.8, 4) is 0 Å². The number of nitrogens with one attached hydrogen (secondary N) is 1. The van der Waals surface area contributed by atoms with E-state index in [1.807, 2.05) is 0 Å². The monoisotopic (exact) mass is 200 g/mol. The van der Waals surface area contributed by atoms with Gasteiger partial charge in [0.25, 0.3) is 0 Å². The number of rotatable bonds is 7. The van der Waals surface area contributed by atoms with Gasteiger partial charge in [-0.1, -0.05) is 20.8 Å². The predicted octanol–water partition coefficient (Wildman–Crippen LogP) is 1.67. The average molecular weight is 200 g/mol. The molecule has 0 saturated carbocycles. The normalized spacial score (nSPS) is 12.9. The Bertz CT molecular complexity index is 157. The Kier molecular flexibility index (Phi) is 7.48. The summed E-state index contributed by atoms with van der Waals surface area (Å²) < 4.78 is 0. The van der Waals surface area contributed by atoms with Gasteiger partial charge < -0.3 is 11.1 Å². The van der Waals surface area contributed by atoms with E-state index in [9.17, 15) is 4.79 Å². The van der Waals surface area contributed by atoms with Gasteiger partial charge in [0, 0.05) is 12.5 Å². The van der Waals surface area contributed by atoms with Crippen molar-refractivity contribution in [1.82, 2.24) is 5.32 Å². The highest BCUT2D eigenvalue weighted by Crippen LogP contribution is 2.06. The molecule has 0 fully saturated rings. The molecule has 0 aliphatic rings. The van der Waals surface area contributed by atoms with Crippen molar-refractivity contribution in [3.63, 3.8) is 0 Å². The molecule has 1 unspecified atom stereocenters. The van der Waals surface area contributed by atoms with Gasteiger partial charge in [0.1, 0.15) is 0 Å². The van der Waals surface area contributed by atoms with Crippen LogP contribution in [0.15, 0.2) is 0 Å². The Morgan fingerprint density at radius 1 is 1.36 bits per heavy atom. The zero-order chi connectivity index (χ0) is 11.0. The van der Waals surface area contributed by atoms with Crippen molar-refractivity contribution in [2.24, 2.45) is 11.7 Å². The van der Waals surface area contributed by atoms with Gasteiger partial charge in [-0.25, -0.2) is 0 Å². The summed E-state index contributed by atoms with van der Waals surface area (Å²) in [7, 11) is 0. The quantitative estimate of drug-likeness (QED) is 0.614. The summed E-state index contributed by atoms with van der Waals surface area (Å²) in [4.78, 5) is 11.4. The number of unbranched alkanes of at least 4 members (excludes halogenated alkanes) is 1. The second-order valence-electron chi connectivity index (χ2n) is 4.07. The van der Waals surface area contributed by atoms with E-state index in [1.165, 1.54) is 0 Å². The zero-order valence-electron chi connectivity index (χ0n) is 9.68. The second-order valence-corrected chi connectivity index (χ2v) is 4.07. The Balaban J connectivity index is 3.68. The van der Waals surface area contributed by atoms with Crippen molar-refractivity contribution >= 4 is 5.91 Å². The standard InChI is InChI=1S/C11H24N2O/c1-4-10(9(2)3)13-11(14)7-5-6-8-12/h9-10H,4-8,12H2,1-3H3,(H,13,14). The molecule has 0 aliphatic carbocycles. The number of hydrogen-bond acceptors (Lipinski definition) is 2. The fourth-order valence-electron chi connectivity index (χ4n) is 1.45. The summed E-state index contributed by atoms with van der Waals surface area (Å²) in [5, 5.41) is 3.05. The lowest BCUT2D eigenvalue weighted by molar-refractivity contribution is -0.122. The molecule has 3 nitrogen and oxygen atoms in total. The van der Waals surface area contributed by atoms with Crippen LogP contribution in [0, 0.1) is 5.92 Å². The number of nitrogens with two attached hydrogens (primary N) is 1. The first-order valence-electron chi connectivity index (χ1n) is 5.61. The molecule has 0 rings (SSSR count). The minimum Gasteiger partial charge on any atom is -0.353 e. The van der Waals surface area contributed by atoms with E-state index in [1.54, 1.807) is 0 Å². The molecule has 1 atom stereocenters. The van der Waals surface area contributed by atoms with E-state index in [4.69, 9.17) is 5.73 Å². The van der Waals surface area contributed by atoms with Crippen LogP contribution in [0.2, 0.25) is 0 Å². The second kappa shape index (κ2) is 7.80. The molecule has 3 N–H and O–H groups in total. The van der Waals surface area contributed by atoms with E-state index in [0.717, 1.165) is 19.3 Å².